The third-order valence-corrected chi connectivity index (χ3v) is 7.63. The Morgan fingerprint density at radius 2 is 1.76 bits per heavy atom. The maximum absolute atomic E-state index is 13.8. The van der Waals surface area contributed by atoms with Crippen molar-refractivity contribution in [3.63, 3.8) is 0 Å². The third kappa shape index (κ3) is 5.56. The second kappa shape index (κ2) is 10.8. The zero-order valence-electron chi connectivity index (χ0n) is 21.9. The first-order chi connectivity index (χ1) is 17.9. The van der Waals surface area contributed by atoms with E-state index >= 15 is 0 Å². The second-order valence-electron chi connectivity index (χ2n) is 10.1. The highest BCUT2D eigenvalue weighted by atomic mass is 16.2. The van der Waals surface area contributed by atoms with Gasteiger partial charge in [-0.05, 0) is 62.4 Å². The van der Waals surface area contributed by atoms with Crippen molar-refractivity contribution < 1.29 is 9.59 Å². The van der Waals surface area contributed by atoms with Crippen molar-refractivity contribution in [1.29, 1.82) is 0 Å². The third-order valence-electron chi connectivity index (χ3n) is 7.63. The molecule has 1 saturated heterocycles. The maximum atomic E-state index is 13.8. The molecule has 2 aliphatic rings. The Labute approximate surface area is 218 Å². The zero-order valence-corrected chi connectivity index (χ0v) is 21.9. The van der Waals surface area contributed by atoms with E-state index in [1.54, 1.807) is 11.6 Å². The number of aromatic nitrogens is 4. The van der Waals surface area contributed by atoms with Crippen LogP contribution in [-0.2, 0) is 29.2 Å². The summed E-state index contributed by atoms with van der Waals surface area (Å²) in [4.78, 5) is 41.5. The van der Waals surface area contributed by atoms with Crippen LogP contribution in [0.15, 0.2) is 48.8 Å². The number of anilines is 1. The van der Waals surface area contributed by atoms with Crippen LogP contribution in [0, 0.1) is 13.8 Å². The van der Waals surface area contributed by atoms with Gasteiger partial charge in [0.2, 0.25) is 11.8 Å². The molecule has 2 unspecified atom stereocenters. The molecule has 1 fully saturated rings. The van der Waals surface area contributed by atoms with Crippen molar-refractivity contribution >= 4 is 17.5 Å². The largest absolute Gasteiger partial charge is 0.335 e. The monoisotopic (exact) mass is 501 g/mol. The van der Waals surface area contributed by atoms with Gasteiger partial charge in [-0.2, -0.15) is 5.10 Å². The number of pyridine rings is 1. The summed E-state index contributed by atoms with van der Waals surface area (Å²) in [6, 6.07) is 12.6. The Bertz CT molecular complexity index is 1260. The van der Waals surface area contributed by atoms with Gasteiger partial charge in [-0.1, -0.05) is 18.2 Å². The van der Waals surface area contributed by atoms with Gasteiger partial charge in [-0.25, -0.2) is 9.67 Å². The van der Waals surface area contributed by atoms with Gasteiger partial charge in [-0.15, -0.1) is 0 Å². The lowest BCUT2D eigenvalue weighted by Crippen LogP contribution is -2.45. The molecule has 4 heterocycles. The molecule has 9 nitrogen and oxygen atoms in total. The fourth-order valence-electron chi connectivity index (χ4n) is 5.77. The number of aryl methyl sites for hydroxylation is 2. The molecule has 2 bridgehead atoms. The number of benzene rings is 1. The van der Waals surface area contributed by atoms with Crippen LogP contribution in [0.1, 0.15) is 49.0 Å². The molecule has 37 heavy (non-hydrogen) atoms. The normalized spacial score (nSPS) is 20.4. The number of hydrogen-bond donors (Lipinski definition) is 0. The Morgan fingerprint density at radius 1 is 1.00 bits per heavy atom. The number of hydrogen-bond acceptors (Lipinski definition) is 6. The minimum absolute atomic E-state index is 0.00346. The van der Waals surface area contributed by atoms with Crippen molar-refractivity contribution in [2.75, 3.05) is 18.0 Å². The number of amides is 2. The second-order valence-corrected chi connectivity index (χ2v) is 10.1. The standard InChI is InChI=1S/C28H35N7O2/c1-20-30-21(2)35(31-20)19-28(37)32-17-24-6-4-5-7-27(24)33(22(3)36)15-12-25-8-9-26(18-32)34(25)16-23-10-13-29-14-11-23/h4-7,10-11,13-14,25-26H,8-9,12,15-19H2,1-3H3. The van der Waals surface area contributed by atoms with E-state index in [9.17, 15) is 9.59 Å². The van der Waals surface area contributed by atoms with Gasteiger partial charge in [0, 0.05) is 63.3 Å². The van der Waals surface area contributed by atoms with E-state index in [1.807, 2.05) is 60.3 Å². The summed E-state index contributed by atoms with van der Waals surface area (Å²) in [6.45, 7) is 8.00. The van der Waals surface area contributed by atoms with E-state index in [-0.39, 0.29) is 24.4 Å². The molecule has 0 spiro atoms. The lowest BCUT2D eigenvalue weighted by atomic mass is 10.1. The van der Waals surface area contributed by atoms with Gasteiger partial charge in [0.25, 0.3) is 0 Å². The van der Waals surface area contributed by atoms with Crippen LogP contribution < -0.4 is 4.90 Å². The number of carbonyl (C=O) groups is 2. The molecular formula is C28H35N7O2. The Morgan fingerprint density at radius 3 is 2.49 bits per heavy atom. The Kier molecular flexibility index (Phi) is 7.32. The van der Waals surface area contributed by atoms with E-state index in [0.717, 1.165) is 42.9 Å². The molecular weight excluding hydrogens is 466 g/mol. The minimum atomic E-state index is 0.00346. The van der Waals surface area contributed by atoms with Crippen LogP contribution in [0.4, 0.5) is 5.69 Å². The molecule has 0 saturated carbocycles. The highest BCUT2D eigenvalue weighted by Crippen LogP contribution is 2.32. The van der Waals surface area contributed by atoms with Gasteiger partial charge in [0.15, 0.2) is 0 Å². The summed E-state index contributed by atoms with van der Waals surface area (Å²) in [7, 11) is 0. The highest BCUT2D eigenvalue weighted by Gasteiger charge is 2.36. The summed E-state index contributed by atoms with van der Waals surface area (Å²) in [5, 5.41) is 4.42. The number of para-hydroxylation sites is 1. The summed E-state index contributed by atoms with van der Waals surface area (Å²) in [5.41, 5.74) is 3.08. The lowest BCUT2D eigenvalue weighted by molar-refractivity contribution is -0.133. The first-order valence-corrected chi connectivity index (χ1v) is 13.1. The fraction of sp³-hybridized carbons (Fsp3) is 0.464. The summed E-state index contributed by atoms with van der Waals surface area (Å²) in [6.07, 6.45) is 6.61. The average Bonchev–Trinajstić information content (AvgIpc) is 3.39. The molecule has 2 atom stereocenters. The molecule has 194 valence electrons. The predicted molar refractivity (Wildman–Crippen MR) is 141 cm³/mol. The van der Waals surface area contributed by atoms with E-state index in [2.05, 4.69) is 32.1 Å². The van der Waals surface area contributed by atoms with Crippen molar-refractivity contribution in [2.45, 2.75) is 71.8 Å². The van der Waals surface area contributed by atoms with Gasteiger partial charge < -0.3 is 9.80 Å². The van der Waals surface area contributed by atoms with Crippen LogP contribution in [0.25, 0.3) is 0 Å². The topological polar surface area (TPSA) is 87.5 Å². The number of rotatable bonds is 4. The van der Waals surface area contributed by atoms with Crippen molar-refractivity contribution in [3.05, 3.63) is 71.6 Å². The number of fused-ring (bicyclic) bond motifs is 3. The van der Waals surface area contributed by atoms with Crippen LogP contribution in [0.5, 0.6) is 0 Å². The zero-order chi connectivity index (χ0) is 25.9. The summed E-state index contributed by atoms with van der Waals surface area (Å²) >= 11 is 0. The van der Waals surface area contributed by atoms with Crippen molar-refractivity contribution in [1.82, 2.24) is 29.5 Å². The van der Waals surface area contributed by atoms with Gasteiger partial charge in [0.1, 0.15) is 18.2 Å². The molecule has 5 rings (SSSR count). The number of nitrogens with zero attached hydrogens (tertiary/aromatic N) is 7. The smallest absolute Gasteiger partial charge is 0.244 e. The molecule has 9 heteroatoms. The fourth-order valence-corrected chi connectivity index (χ4v) is 5.77. The van der Waals surface area contributed by atoms with Crippen LogP contribution in [-0.4, -0.2) is 66.5 Å². The van der Waals surface area contributed by atoms with E-state index in [0.29, 0.717) is 31.5 Å². The first kappa shape index (κ1) is 25.1. The summed E-state index contributed by atoms with van der Waals surface area (Å²) in [5.74, 6) is 1.41. The molecule has 0 aliphatic carbocycles. The molecule has 0 N–H and O–H groups in total. The Hall–Kier alpha value is -3.59. The van der Waals surface area contributed by atoms with Crippen LogP contribution in [0.3, 0.4) is 0 Å². The maximum Gasteiger partial charge on any atom is 0.244 e. The lowest BCUT2D eigenvalue weighted by Gasteiger charge is -2.34. The van der Waals surface area contributed by atoms with Crippen LogP contribution >= 0.6 is 0 Å². The number of carbonyl (C=O) groups excluding carboxylic acids is 2. The van der Waals surface area contributed by atoms with Gasteiger partial charge in [-0.3, -0.25) is 19.5 Å². The highest BCUT2D eigenvalue weighted by molar-refractivity contribution is 5.92. The SMILES string of the molecule is CC(=O)N1CCC2CCC(CN(C(=O)Cn3nc(C)nc3C)Cc3ccccc31)N2Cc1ccncc1. The molecule has 2 aliphatic heterocycles. The molecule has 0 radical (unpaired) electrons. The Balaban J connectivity index is 1.50. The van der Waals surface area contributed by atoms with Crippen LogP contribution in [0.2, 0.25) is 0 Å². The summed E-state index contributed by atoms with van der Waals surface area (Å²) < 4.78 is 1.68. The molecule has 3 aromatic rings. The van der Waals surface area contributed by atoms with Gasteiger partial charge >= 0.3 is 0 Å². The van der Waals surface area contributed by atoms with E-state index in [4.69, 9.17) is 0 Å². The van der Waals surface area contributed by atoms with Crippen molar-refractivity contribution in [3.8, 4) is 0 Å². The van der Waals surface area contributed by atoms with E-state index < -0.39 is 0 Å². The quantitative estimate of drug-likeness (QED) is 0.546. The van der Waals surface area contributed by atoms with E-state index in [1.165, 1.54) is 5.56 Å². The first-order valence-electron chi connectivity index (χ1n) is 13.1. The predicted octanol–water partition coefficient (Wildman–Crippen LogP) is 3.11. The minimum Gasteiger partial charge on any atom is -0.335 e. The molecule has 1 aromatic carbocycles. The van der Waals surface area contributed by atoms with Crippen molar-refractivity contribution in [2.24, 2.45) is 0 Å². The molecule has 2 aromatic heterocycles. The average molecular weight is 502 g/mol. The van der Waals surface area contributed by atoms with Gasteiger partial charge in [0.05, 0.1) is 0 Å². The molecule has 2 amide bonds.